The van der Waals surface area contributed by atoms with E-state index >= 15 is 0 Å². The van der Waals surface area contributed by atoms with Crippen molar-refractivity contribution < 1.29 is 9.90 Å². The van der Waals surface area contributed by atoms with Crippen molar-refractivity contribution in [1.82, 2.24) is 15.5 Å². The van der Waals surface area contributed by atoms with Crippen molar-refractivity contribution in [3.63, 3.8) is 0 Å². The molecule has 1 fully saturated rings. The number of urea groups is 1. The van der Waals surface area contributed by atoms with Crippen LogP contribution in [0.25, 0.3) is 0 Å². The predicted octanol–water partition coefficient (Wildman–Crippen LogP) is 2.70. The highest BCUT2D eigenvalue weighted by atomic mass is 16.3. The maximum Gasteiger partial charge on any atom is 0.314 e. The number of hydrogen-bond donors (Lipinski definition) is 3. The first-order valence-electron chi connectivity index (χ1n) is 9.44. The van der Waals surface area contributed by atoms with Gasteiger partial charge in [-0.15, -0.1) is 0 Å². The molecule has 2 amide bonds. The smallest absolute Gasteiger partial charge is 0.314 e. The molecular formula is C20H33N3O2. The molecule has 3 N–H and O–H groups in total. The molecule has 1 aliphatic rings. The first-order chi connectivity index (χ1) is 12.0. The average molecular weight is 348 g/mol. The molecule has 2 rings (SSSR count). The molecule has 0 aliphatic heterocycles. The number of carbonyl (C=O) groups is 1. The lowest BCUT2D eigenvalue weighted by atomic mass is 9.87. The van der Waals surface area contributed by atoms with E-state index in [4.69, 9.17) is 0 Å². The molecule has 140 valence electrons. The Bertz CT molecular complexity index is 530. The lowest BCUT2D eigenvalue weighted by Gasteiger charge is -2.27. The molecule has 0 spiro atoms. The van der Waals surface area contributed by atoms with Gasteiger partial charge < -0.3 is 20.6 Å². The third-order valence-electron chi connectivity index (χ3n) is 5.16. The molecule has 0 saturated heterocycles. The van der Waals surface area contributed by atoms with E-state index in [1.807, 2.05) is 14.1 Å². The second-order valence-corrected chi connectivity index (χ2v) is 7.35. The summed E-state index contributed by atoms with van der Waals surface area (Å²) in [5.41, 5.74) is 2.53. The van der Waals surface area contributed by atoms with Crippen LogP contribution in [-0.2, 0) is 6.42 Å². The summed E-state index contributed by atoms with van der Waals surface area (Å²) in [5.74, 6) is 0.390. The fourth-order valence-electron chi connectivity index (χ4n) is 3.51. The number of amides is 2. The highest BCUT2D eigenvalue weighted by molar-refractivity contribution is 5.73. The normalized spacial score (nSPS) is 21.8. The number of carbonyl (C=O) groups excluding carboxylic acids is 1. The number of nitrogens with one attached hydrogen (secondary N) is 2. The third kappa shape index (κ3) is 6.33. The van der Waals surface area contributed by atoms with E-state index in [1.165, 1.54) is 11.1 Å². The molecule has 0 bridgehead atoms. The van der Waals surface area contributed by atoms with Crippen LogP contribution in [0.3, 0.4) is 0 Å². The summed E-state index contributed by atoms with van der Waals surface area (Å²) >= 11 is 0. The van der Waals surface area contributed by atoms with Gasteiger partial charge in [-0.25, -0.2) is 4.79 Å². The lowest BCUT2D eigenvalue weighted by Crippen LogP contribution is -2.42. The van der Waals surface area contributed by atoms with Gasteiger partial charge >= 0.3 is 6.03 Å². The van der Waals surface area contributed by atoms with Crippen LogP contribution in [0.4, 0.5) is 4.79 Å². The Balaban J connectivity index is 1.80. The maximum absolute atomic E-state index is 12.1. The van der Waals surface area contributed by atoms with Gasteiger partial charge in [0.1, 0.15) is 0 Å². The van der Waals surface area contributed by atoms with Gasteiger partial charge in [0.05, 0.1) is 12.1 Å². The van der Waals surface area contributed by atoms with Crippen LogP contribution >= 0.6 is 0 Å². The Hall–Kier alpha value is -1.59. The van der Waals surface area contributed by atoms with Gasteiger partial charge in [-0.1, -0.05) is 37.6 Å². The minimum absolute atomic E-state index is 0.128. The van der Waals surface area contributed by atoms with E-state index in [1.54, 1.807) is 0 Å². The Labute approximate surface area is 151 Å². The van der Waals surface area contributed by atoms with Crippen molar-refractivity contribution >= 4 is 6.03 Å². The third-order valence-corrected chi connectivity index (χ3v) is 5.16. The van der Waals surface area contributed by atoms with Crippen molar-refractivity contribution in [2.45, 2.75) is 51.2 Å². The van der Waals surface area contributed by atoms with E-state index in [0.29, 0.717) is 19.0 Å². The van der Waals surface area contributed by atoms with Crippen molar-refractivity contribution in [3.8, 4) is 0 Å². The monoisotopic (exact) mass is 347 g/mol. The largest absolute Gasteiger partial charge is 0.393 e. The Morgan fingerprint density at radius 1 is 1.24 bits per heavy atom. The molecule has 5 heteroatoms. The zero-order chi connectivity index (χ0) is 18.2. The molecule has 1 aromatic carbocycles. The van der Waals surface area contributed by atoms with Crippen molar-refractivity contribution in [2.24, 2.45) is 5.92 Å². The van der Waals surface area contributed by atoms with Crippen molar-refractivity contribution in [2.75, 3.05) is 27.2 Å². The van der Waals surface area contributed by atoms with E-state index < -0.39 is 0 Å². The summed E-state index contributed by atoms with van der Waals surface area (Å²) in [6, 6.07) is 8.62. The minimum atomic E-state index is -0.201. The van der Waals surface area contributed by atoms with Crippen LogP contribution < -0.4 is 10.6 Å². The van der Waals surface area contributed by atoms with Gasteiger partial charge in [-0.05, 0) is 56.8 Å². The highest BCUT2D eigenvalue weighted by Gasteiger charge is 2.21. The van der Waals surface area contributed by atoms with Crippen LogP contribution in [0, 0.1) is 5.92 Å². The summed E-state index contributed by atoms with van der Waals surface area (Å²) in [6.07, 6.45) is 4.65. The molecule has 3 atom stereocenters. The van der Waals surface area contributed by atoms with Gasteiger partial charge in [0.2, 0.25) is 0 Å². The number of aliphatic hydroxyl groups is 1. The molecule has 1 aliphatic carbocycles. The van der Waals surface area contributed by atoms with Crippen LogP contribution in [0.1, 0.15) is 49.8 Å². The second-order valence-electron chi connectivity index (χ2n) is 7.35. The zero-order valence-electron chi connectivity index (χ0n) is 15.8. The predicted molar refractivity (Wildman–Crippen MR) is 102 cm³/mol. The highest BCUT2D eigenvalue weighted by Crippen LogP contribution is 2.23. The Morgan fingerprint density at radius 2 is 1.96 bits per heavy atom. The standard InChI is InChI=1S/C20H33N3O2/c1-4-15-8-10-17(11-9-15)19(23(2)3)14-22-20(25)21-13-16-6-5-7-18(24)12-16/h8-11,16,18-19,24H,4-7,12-14H2,1-3H3,(H2,21,22,25). The van der Waals surface area contributed by atoms with E-state index in [0.717, 1.165) is 32.1 Å². The summed E-state index contributed by atoms with van der Waals surface area (Å²) in [6.45, 7) is 3.36. The number of aryl methyl sites for hydroxylation is 1. The SMILES string of the molecule is CCc1ccc(C(CNC(=O)NCC2CCCC(O)C2)N(C)C)cc1. The Morgan fingerprint density at radius 3 is 2.56 bits per heavy atom. The van der Waals surface area contributed by atoms with E-state index in [2.05, 4.69) is 46.7 Å². The molecule has 1 aromatic rings. The number of nitrogens with zero attached hydrogens (tertiary/aromatic N) is 1. The number of rotatable bonds is 7. The van der Waals surface area contributed by atoms with Crippen molar-refractivity contribution in [3.05, 3.63) is 35.4 Å². The quantitative estimate of drug-likeness (QED) is 0.710. The minimum Gasteiger partial charge on any atom is -0.393 e. The number of hydrogen-bond acceptors (Lipinski definition) is 3. The van der Waals surface area contributed by atoms with Crippen LogP contribution in [0.2, 0.25) is 0 Å². The molecule has 25 heavy (non-hydrogen) atoms. The molecule has 0 aromatic heterocycles. The van der Waals surface area contributed by atoms with Crippen LogP contribution in [0.5, 0.6) is 0 Å². The second kappa shape index (κ2) is 9.78. The topological polar surface area (TPSA) is 64.6 Å². The van der Waals surface area contributed by atoms with E-state index in [-0.39, 0.29) is 18.2 Å². The summed E-state index contributed by atoms with van der Waals surface area (Å²) in [4.78, 5) is 14.2. The summed E-state index contributed by atoms with van der Waals surface area (Å²) < 4.78 is 0. The van der Waals surface area contributed by atoms with Gasteiger partial charge in [-0.3, -0.25) is 0 Å². The number of aliphatic hydroxyl groups excluding tert-OH is 1. The number of likely N-dealkylation sites (N-methyl/N-ethyl adjacent to an activating group) is 1. The molecule has 0 heterocycles. The fourth-order valence-corrected chi connectivity index (χ4v) is 3.51. The zero-order valence-corrected chi connectivity index (χ0v) is 15.8. The molecule has 0 radical (unpaired) electrons. The molecule has 5 nitrogen and oxygen atoms in total. The van der Waals surface area contributed by atoms with E-state index in [9.17, 15) is 9.90 Å². The average Bonchev–Trinajstić information content (AvgIpc) is 2.60. The van der Waals surface area contributed by atoms with Gasteiger partial charge in [0.15, 0.2) is 0 Å². The first-order valence-corrected chi connectivity index (χ1v) is 9.44. The molecular weight excluding hydrogens is 314 g/mol. The molecule has 1 saturated carbocycles. The summed E-state index contributed by atoms with van der Waals surface area (Å²) in [5, 5.41) is 15.7. The number of benzene rings is 1. The van der Waals surface area contributed by atoms with Crippen molar-refractivity contribution in [1.29, 1.82) is 0 Å². The first kappa shape index (κ1) is 19.7. The molecule has 3 unspecified atom stereocenters. The fraction of sp³-hybridized carbons (Fsp3) is 0.650. The van der Waals surface area contributed by atoms with Gasteiger partial charge in [0, 0.05) is 13.1 Å². The Kier molecular flexibility index (Phi) is 7.72. The summed E-state index contributed by atoms with van der Waals surface area (Å²) in [7, 11) is 4.06. The maximum atomic E-state index is 12.1. The van der Waals surface area contributed by atoms with Gasteiger partial charge in [0.25, 0.3) is 0 Å². The van der Waals surface area contributed by atoms with Crippen LogP contribution in [0.15, 0.2) is 24.3 Å². The van der Waals surface area contributed by atoms with Crippen LogP contribution in [-0.4, -0.2) is 49.3 Å². The van der Waals surface area contributed by atoms with Gasteiger partial charge in [-0.2, -0.15) is 0 Å². The lowest BCUT2D eigenvalue weighted by molar-refractivity contribution is 0.101.